The number of aromatic nitrogens is 1. The molecule has 0 radical (unpaired) electrons. The summed E-state index contributed by atoms with van der Waals surface area (Å²) in [6.07, 6.45) is 2.91. The monoisotopic (exact) mass is 248 g/mol. The molecule has 0 saturated heterocycles. The topological polar surface area (TPSA) is 45.2 Å². The molecule has 0 aliphatic carbocycles. The van der Waals surface area contributed by atoms with Crippen molar-refractivity contribution in [2.24, 2.45) is 0 Å². The van der Waals surface area contributed by atoms with E-state index in [1.807, 2.05) is 30.5 Å². The van der Waals surface area contributed by atoms with E-state index in [2.05, 4.69) is 17.2 Å². The number of nitrogens with one attached hydrogen (secondary N) is 1. The third-order valence-corrected chi connectivity index (χ3v) is 3.62. The zero-order valence-corrected chi connectivity index (χ0v) is 10.6. The fourth-order valence-corrected chi connectivity index (χ4v) is 2.36. The molecule has 3 nitrogen and oxygen atoms in total. The Labute approximate surface area is 105 Å². The van der Waals surface area contributed by atoms with E-state index >= 15 is 0 Å². The van der Waals surface area contributed by atoms with Crippen LogP contribution in [0.1, 0.15) is 22.4 Å². The molecule has 1 heterocycles. The predicted molar refractivity (Wildman–Crippen MR) is 71.2 cm³/mol. The second-order valence-electron chi connectivity index (χ2n) is 3.79. The fourth-order valence-electron chi connectivity index (χ4n) is 1.56. The van der Waals surface area contributed by atoms with Gasteiger partial charge < -0.3 is 10.4 Å². The lowest BCUT2D eigenvalue weighted by Gasteiger charge is -2.05. The summed E-state index contributed by atoms with van der Waals surface area (Å²) in [5.41, 5.74) is 1.96. The molecule has 2 aromatic rings. The number of hydrogen-bond donors (Lipinski definition) is 2. The normalized spacial score (nSPS) is 10.5. The van der Waals surface area contributed by atoms with Gasteiger partial charge in [0.1, 0.15) is 0 Å². The molecular weight excluding hydrogens is 232 g/mol. The number of thiazole rings is 1. The van der Waals surface area contributed by atoms with Gasteiger partial charge in [-0.05, 0) is 24.1 Å². The number of anilines is 1. The third kappa shape index (κ3) is 3.28. The van der Waals surface area contributed by atoms with Crippen LogP contribution in [-0.4, -0.2) is 10.1 Å². The van der Waals surface area contributed by atoms with E-state index in [9.17, 15) is 0 Å². The highest BCUT2D eigenvalue weighted by molar-refractivity contribution is 7.11. The number of nitrogens with zero attached hydrogens (tertiary/aromatic N) is 1. The van der Waals surface area contributed by atoms with Gasteiger partial charge in [-0.1, -0.05) is 19.1 Å². The molecule has 0 aliphatic rings. The van der Waals surface area contributed by atoms with Crippen molar-refractivity contribution in [2.45, 2.75) is 26.5 Å². The Morgan fingerprint density at radius 2 is 2.29 bits per heavy atom. The van der Waals surface area contributed by atoms with Crippen molar-refractivity contribution in [3.63, 3.8) is 0 Å². The van der Waals surface area contributed by atoms with E-state index in [1.165, 1.54) is 9.88 Å². The van der Waals surface area contributed by atoms with E-state index in [0.29, 0.717) is 0 Å². The number of aliphatic hydroxyl groups excluding tert-OH is 1. The van der Waals surface area contributed by atoms with Crippen LogP contribution >= 0.6 is 11.3 Å². The summed E-state index contributed by atoms with van der Waals surface area (Å²) in [5, 5.41) is 13.6. The quantitative estimate of drug-likeness (QED) is 0.855. The molecule has 0 spiro atoms. The third-order valence-electron chi connectivity index (χ3n) is 2.48. The van der Waals surface area contributed by atoms with Gasteiger partial charge in [-0.2, -0.15) is 0 Å². The van der Waals surface area contributed by atoms with Crippen LogP contribution in [0.3, 0.4) is 0 Å². The minimum absolute atomic E-state index is 0.0794. The van der Waals surface area contributed by atoms with Crippen molar-refractivity contribution in [3.05, 3.63) is 45.9 Å². The van der Waals surface area contributed by atoms with Gasteiger partial charge in [0.25, 0.3) is 0 Å². The number of aliphatic hydroxyl groups is 1. The molecule has 0 fully saturated rings. The first kappa shape index (κ1) is 12.1. The molecule has 4 heteroatoms. The second-order valence-corrected chi connectivity index (χ2v) is 4.99. The van der Waals surface area contributed by atoms with Gasteiger partial charge in [0.2, 0.25) is 0 Å². The molecule has 2 N–H and O–H groups in total. The Hall–Kier alpha value is -1.39. The lowest BCUT2D eigenvalue weighted by Crippen LogP contribution is -1.97. The van der Waals surface area contributed by atoms with Crippen molar-refractivity contribution in [3.8, 4) is 0 Å². The molecule has 0 atom stereocenters. The smallest absolute Gasteiger partial charge is 0.0925 e. The maximum absolute atomic E-state index is 9.05. The summed E-state index contributed by atoms with van der Waals surface area (Å²) in [4.78, 5) is 5.55. The summed E-state index contributed by atoms with van der Waals surface area (Å²) in [7, 11) is 0. The molecule has 1 aromatic heterocycles. The van der Waals surface area contributed by atoms with Crippen molar-refractivity contribution in [2.75, 3.05) is 5.32 Å². The second kappa shape index (κ2) is 5.80. The van der Waals surface area contributed by atoms with E-state index < -0.39 is 0 Å². The molecule has 90 valence electrons. The zero-order valence-electron chi connectivity index (χ0n) is 9.81. The van der Waals surface area contributed by atoms with Gasteiger partial charge in [-0.25, -0.2) is 4.98 Å². The van der Waals surface area contributed by atoms with Crippen LogP contribution in [0.25, 0.3) is 0 Å². The van der Waals surface area contributed by atoms with Crippen molar-refractivity contribution < 1.29 is 5.11 Å². The average molecular weight is 248 g/mol. The maximum atomic E-state index is 9.05. The Kier molecular flexibility index (Phi) is 4.12. The van der Waals surface area contributed by atoms with E-state index in [0.717, 1.165) is 24.2 Å². The predicted octanol–water partition coefficient (Wildman–Crippen LogP) is 2.81. The molecule has 17 heavy (non-hydrogen) atoms. The van der Waals surface area contributed by atoms with Crippen molar-refractivity contribution >= 4 is 17.0 Å². The highest BCUT2D eigenvalue weighted by Crippen LogP contribution is 2.16. The summed E-state index contributed by atoms with van der Waals surface area (Å²) < 4.78 is 0. The Balaban J connectivity index is 1.96. The van der Waals surface area contributed by atoms with Crippen LogP contribution in [0.5, 0.6) is 0 Å². The molecule has 0 aliphatic heterocycles. The lowest BCUT2D eigenvalue weighted by atomic mass is 10.2. The zero-order chi connectivity index (χ0) is 12.1. The Morgan fingerprint density at radius 1 is 1.41 bits per heavy atom. The van der Waals surface area contributed by atoms with Gasteiger partial charge in [-0.3, -0.25) is 0 Å². The number of aryl methyl sites for hydroxylation is 1. The van der Waals surface area contributed by atoms with Crippen LogP contribution in [0.2, 0.25) is 0 Å². The first-order valence-electron chi connectivity index (χ1n) is 5.69. The fraction of sp³-hybridized carbons (Fsp3) is 0.308. The van der Waals surface area contributed by atoms with Gasteiger partial charge in [-0.15, -0.1) is 11.3 Å². The van der Waals surface area contributed by atoms with Gasteiger partial charge >= 0.3 is 0 Å². The molecular formula is C13H16N2OS. The van der Waals surface area contributed by atoms with Gasteiger partial charge in [0.05, 0.1) is 18.2 Å². The summed E-state index contributed by atoms with van der Waals surface area (Å²) in [5.74, 6) is 0. The van der Waals surface area contributed by atoms with Crippen LogP contribution in [-0.2, 0) is 19.6 Å². The highest BCUT2D eigenvalue weighted by atomic mass is 32.1. The Morgan fingerprint density at radius 3 is 3.00 bits per heavy atom. The molecule has 0 amide bonds. The first-order valence-corrected chi connectivity index (χ1v) is 6.50. The largest absolute Gasteiger partial charge is 0.392 e. The SMILES string of the molecule is CCc1ncc(CNc2cccc(CO)c2)s1. The molecule has 2 rings (SSSR count). The summed E-state index contributed by atoms with van der Waals surface area (Å²) >= 11 is 1.74. The van der Waals surface area contributed by atoms with Gasteiger partial charge in [0, 0.05) is 16.8 Å². The minimum atomic E-state index is 0.0794. The number of benzene rings is 1. The van der Waals surface area contributed by atoms with Gasteiger partial charge in [0.15, 0.2) is 0 Å². The summed E-state index contributed by atoms with van der Waals surface area (Å²) in [6, 6.07) is 7.81. The maximum Gasteiger partial charge on any atom is 0.0925 e. The van der Waals surface area contributed by atoms with E-state index in [4.69, 9.17) is 5.11 Å². The van der Waals surface area contributed by atoms with Crippen LogP contribution < -0.4 is 5.32 Å². The minimum Gasteiger partial charge on any atom is -0.392 e. The molecule has 1 aromatic carbocycles. The van der Waals surface area contributed by atoms with Crippen LogP contribution in [0.15, 0.2) is 30.5 Å². The molecule has 0 saturated carbocycles. The molecule has 0 bridgehead atoms. The van der Waals surface area contributed by atoms with E-state index in [-0.39, 0.29) is 6.61 Å². The molecule has 0 unspecified atom stereocenters. The van der Waals surface area contributed by atoms with Crippen molar-refractivity contribution in [1.29, 1.82) is 0 Å². The first-order chi connectivity index (χ1) is 8.31. The number of hydrogen-bond acceptors (Lipinski definition) is 4. The lowest BCUT2D eigenvalue weighted by molar-refractivity contribution is 0.282. The number of rotatable bonds is 5. The summed E-state index contributed by atoms with van der Waals surface area (Å²) in [6.45, 7) is 2.98. The van der Waals surface area contributed by atoms with E-state index in [1.54, 1.807) is 11.3 Å². The van der Waals surface area contributed by atoms with Crippen LogP contribution in [0, 0.1) is 0 Å². The van der Waals surface area contributed by atoms with Crippen LogP contribution in [0.4, 0.5) is 5.69 Å². The average Bonchev–Trinajstić information content (AvgIpc) is 2.84. The Bertz CT molecular complexity index is 482. The standard InChI is InChI=1S/C13H16N2OS/c1-2-13-15-8-12(17-13)7-14-11-5-3-4-10(6-11)9-16/h3-6,8,14,16H,2,7,9H2,1H3. The highest BCUT2D eigenvalue weighted by Gasteiger charge is 2.00. The van der Waals surface area contributed by atoms with Crippen molar-refractivity contribution in [1.82, 2.24) is 4.98 Å².